The summed E-state index contributed by atoms with van der Waals surface area (Å²) in [5.41, 5.74) is 1.70. The number of benzene rings is 1. The summed E-state index contributed by atoms with van der Waals surface area (Å²) in [7, 11) is 1.61. The predicted octanol–water partition coefficient (Wildman–Crippen LogP) is 3.15. The number of hydrogen-bond donors (Lipinski definition) is 1. The van der Waals surface area contributed by atoms with Crippen LogP contribution in [0.1, 0.15) is 16.4 Å². The molecule has 1 aromatic carbocycles. The summed E-state index contributed by atoms with van der Waals surface area (Å²) in [6.45, 7) is 0. The number of amides is 1. The van der Waals surface area contributed by atoms with E-state index in [0.29, 0.717) is 0 Å². The summed E-state index contributed by atoms with van der Waals surface area (Å²) < 4.78 is 5.15. The lowest BCUT2D eigenvalue weighted by Crippen LogP contribution is -2.36. The Morgan fingerprint density at radius 2 is 2.05 bits per heavy atom. The average molecular weight is 310 g/mol. The zero-order chi connectivity index (χ0) is 15.5. The summed E-state index contributed by atoms with van der Waals surface area (Å²) in [6, 6.07) is 13.5. The van der Waals surface area contributed by atoms with E-state index < -0.39 is 5.92 Å². The fourth-order valence-corrected chi connectivity index (χ4v) is 3.23. The molecule has 1 aromatic heterocycles. The second kappa shape index (κ2) is 6.04. The second-order valence-corrected chi connectivity index (χ2v) is 5.90. The third kappa shape index (κ3) is 2.61. The van der Waals surface area contributed by atoms with Gasteiger partial charge in [-0.05, 0) is 29.1 Å². The Balaban J connectivity index is 2.02. The van der Waals surface area contributed by atoms with E-state index in [0.717, 1.165) is 21.9 Å². The largest absolute Gasteiger partial charge is 0.497 e. The van der Waals surface area contributed by atoms with Gasteiger partial charge < -0.3 is 10.1 Å². The van der Waals surface area contributed by atoms with Crippen molar-refractivity contribution in [3.8, 4) is 11.8 Å². The van der Waals surface area contributed by atoms with Gasteiger partial charge in [-0.25, -0.2) is 0 Å². The fraction of sp³-hybridized carbons (Fsp3) is 0.176. The summed E-state index contributed by atoms with van der Waals surface area (Å²) in [5.74, 6) is -0.493. The van der Waals surface area contributed by atoms with E-state index >= 15 is 0 Å². The van der Waals surface area contributed by atoms with Gasteiger partial charge in [-0.3, -0.25) is 4.79 Å². The van der Waals surface area contributed by atoms with E-state index in [1.165, 1.54) is 0 Å². The molecule has 0 radical (unpaired) electrons. The molecule has 1 N–H and O–H groups in total. The van der Waals surface area contributed by atoms with Crippen LogP contribution in [-0.4, -0.2) is 13.0 Å². The molecule has 0 unspecified atom stereocenters. The van der Waals surface area contributed by atoms with Gasteiger partial charge in [0.05, 0.1) is 23.8 Å². The molecule has 0 bridgehead atoms. The van der Waals surface area contributed by atoms with Crippen molar-refractivity contribution in [2.45, 2.75) is 5.92 Å². The number of carbonyl (C=O) groups excluding carboxylic acids is 1. The fourth-order valence-electron chi connectivity index (χ4n) is 2.52. The van der Waals surface area contributed by atoms with Gasteiger partial charge in [0.15, 0.2) is 0 Å². The Bertz CT molecular complexity index is 742. The van der Waals surface area contributed by atoms with Crippen molar-refractivity contribution in [2.24, 2.45) is 5.92 Å². The number of allylic oxidation sites excluding steroid dienone is 1. The standard InChI is InChI=1S/C17H14N2O2S/c1-21-12-6-4-11(5-7-12)13-9-15(16-3-2-8-22-16)19-17(20)14(13)10-18/h2-9,13-14H,1H3,(H,19,20)/t13-,14+/m1/s1. The first-order chi connectivity index (χ1) is 10.7. The number of nitrogens with zero attached hydrogens (tertiary/aromatic N) is 1. The molecule has 0 fully saturated rings. The lowest BCUT2D eigenvalue weighted by atomic mass is 9.83. The zero-order valence-corrected chi connectivity index (χ0v) is 12.8. The third-order valence-electron chi connectivity index (χ3n) is 3.67. The van der Waals surface area contributed by atoms with Crippen LogP contribution >= 0.6 is 11.3 Å². The average Bonchev–Trinajstić information content (AvgIpc) is 3.08. The minimum Gasteiger partial charge on any atom is -0.497 e. The maximum absolute atomic E-state index is 12.2. The van der Waals surface area contributed by atoms with Crippen LogP contribution in [-0.2, 0) is 4.79 Å². The third-order valence-corrected chi connectivity index (χ3v) is 4.58. The van der Waals surface area contributed by atoms with Crippen LogP contribution in [0.4, 0.5) is 0 Å². The normalized spacial score (nSPS) is 20.7. The van der Waals surface area contributed by atoms with E-state index in [1.54, 1.807) is 18.4 Å². The molecule has 1 aliphatic heterocycles. The van der Waals surface area contributed by atoms with E-state index in [-0.39, 0.29) is 11.8 Å². The summed E-state index contributed by atoms with van der Waals surface area (Å²) >= 11 is 1.56. The molecule has 4 nitrogen and oxygen atoms in total. The highest BCUT2D eigenvalue weighted by Gasteiger charge is 2.33. The van der Waals surface area contributed by atoms with Crippen LogP contribution in [0.5, 0.6) is 5.75 Å². The first kappa shape index (κ1) is 14.4. The van der Waals surface area contributed by atoms with E-state index in [4.69, 9.17) is 4.74 Å². The van der Waals surface area contributed by atoms with E-state index in [1.807, 2.05) is 47.9 Å². The van der Waals surface area contributed by atoms with Crippen molar-refractivity contribution in [1.82, 2.24) is 5.32 Å². The topological polar surface area (TPSA) is 62.1 Å². The summed E-state index contributed by atoms with van der Waals surface area (Å²) in [4.78, 5) is 13.2. The molecule has 2 atom stereocenters. The van der Waals surface area contributed by atoms with Crippen LogP contribution < -0.4 is 10.1 Å². The molecule has 22 heavy (non-hydrogen) atoms. The Kier molecular flexibility index (Phi) is 3.94. The van der Waals surface area contributed by atoms with Crippen molar-refractivity contribution in [3.63, 3.8) is 0 Å². The highest BCUT2D eigenvalue weighted by atomic mass is 32.1. The number of carbonyl (C=O) groups is 1. The van der Waals surface area contributed by atoms with Crippen molar-refractivity contribution >= 4 is 22.9 Å². The second-order valence-electron chi connectivity index (χ2n) is 4.95. The molecule has 0 saturated carbocycles. The summed E-state index contributed by atoms with van der Waals surface area (Å²) in [5, 5.41) is 14.1. The Morgan fingerprint density at radius 1 is 1.27 bits per heavy atom. The number of nitrogens with one attached hydrogen (secondary N) is 1. The number of rotatable bonds is 3. The van der Waals surface area contributed by atoms with Crippen LogP contribution in [0.25, 0.3) is 5.70 Å². The van der Waals surface area contributed by atoms with Crippen molar-refractivity contribution in [1.29, 1.82) is 5.26 Å². The van der Waals surface area contributed by atoms with Crippen LogP contribution in [0.2, 0.25) is 0 Å². The SMILES string of the molecule is COc1ccc([C@H]2C=C(c3cccs3)NC(=O)[C@H]2C#N)cc1. The number of hydrogen-bond acceptors (Lipinski definition) is 4. The molecule has 110 valence electrons. The lowest BCUT2D eigenvalue weighted by molar-refractivity contribution is -0.122. The minimum absolute atomic E-state index is 0.255. The maximum atomic E-state index is 12.2. The molecule has 3 rings (SSSR count). The molecule has 1 aliphatic rings. The number of thiophene rings is 1. The Hall–Kier alpha value is -2.58. The number of nitriles is 1. The molecule has 0 spiro atoms. The molecule has 5 heteroatoms. The summed E-state index contributed by atoms with van der Waals surface area (Å²) in [6.07, 6.45) is 1.96. The van der Waals surface area contributed by atoms with Gasteiger partial charge in [0.1, 0.15) is 11.7 Å². The highest BCUT2D eigenvalue weighted by molar-refractivity contribution is 7.11. The van der Waals surface area contributed by atoms with Gasteiger partial charge >= 0.3 is 0 Å². The molecule has 0 aliphatic carbocycles. The monoisotopic (exact) mass is 310 g/mol. The first-order valence-electron chi connectivity index (χ1n) is 6.83. The van der Waals surface area contributed by atoms with Gasteiger partial charge in [-0.15, -0.1) is 11.3 Å². The van der Waals surface area contributed by atoms with Crippen molar-refractivity contribution in [2.75, 3.05) is 7.11 Å². The number of ether oxygens (including phenoxy) is 1. The Morgan fingerprint density at radius 3 is 2.64 bits per heavy atom. The van der Waals surface area contributed by atoms with E-state index in [2.05, 4.69) is 11.4 Å². The van der Waals surface area contributed by atoms with Gasteiger partial charge in [0.25, 0.3) is 0 Å². The molecule has 1 amide bonds. The van der Waals surface area contributed by atoms with E-state index in [9.17, 15) is 10.1 Å². The smallest absolute Gasteiger partial charge is 0.242 e. The van der Waals surface area contributed by atoms with Crippen LogP contribution in [0.15, 0.2) is 47.9 Å². The maximum Gasteiger partial charge on any atom is 0.242 e. The van der Waals surface area contributed by atoms with Crippen molar-refractivity contribution in [3.05, 3.63) is 58.3 Å². The van der Waals surface area contributed by atoms with Gasteiger partial charge in [-0.1, -0.05) is 24.3 Å². The molecule has 2 aromatic rings. The quantitative estimate of drug-likeness (QED) is 0.947. The molecular weight excluding hydrogens is 296 g/mol. The van der Waals surface area contributed by atoms with Gasteiger partial charge in [0, 0.05) is 5.92 Å². The van der Waals surface area contributed by atoms with Crippen LogP contribution in [0.3, 0.4) is 0 Å². The predicted molar refractivity (Wildman–Crippen MR) is 85.3 cm³/mol. The van der Waals surface area contributed by atoms with Crippen LogP contribution in [0, 0.1) is 17.2 Å². The molecule has 2 heterocycles. The lowest BCUT2D eigenvalue weighted by Gasteiger charge is -2.26. The Labute approximate surface area is 132 Å². The van der Waals surface area contributed by atoms with Gasteiger partial charge in [0.2, 0.25) is 5.91 Å². The van der Waals surface area contributed by atoms with Crippen molar-refractivity contribution < 1.29 is 9.53 Å². The zero-order valence-electron chi connectivity index (χ0n) is 11.9. The highest BCUT2D eigenvalue weighted by Crippen LogP contribution is 2.34. The molecule has 0 saturated heterocycles. The minimum atomic E-state index is -0.725. The number of methoxy groups -OCH3 is 1. The molecular formula is C17H14N2O2S. The van der Waals surface area contributed by atoms with Gasteiger partial charge in [-0.2, -0.15) is 5.26 Å². The first-order valence-corrected chi connectivity index (χ1v) is 7.71.